The first-order valence-electron chi connectivity index (χ1n) is 7.10. The molecule has 0 aliphatic carbocycles. The second-order valence-electron chi connectivity index (χ2n) is 5.14. The average molecular weight is 320 g/mol. The summed E-state index contributed by atoms with van der Waals surface area (Å²) in [6.07, 6.45) is 1.48. The summed E-state index contributed by atoms with van der Waals surface area (Å²) < 4.78 is 1.05. The molecule has 6 heteroatoms. The Bertz CT molecular complexity index is 1040. The van der Waals surface area contributed by atoms with E-state index >= 15 is 0 Å². The normalized spacial score (nSPS) is 11.0. The van der Waals surface area contributed by atoms with Crippen molar-refractivity contribution in [1.29, 1.82) is 0 Å². The van der Waals surface area contributed by atoms with Gasteiger partial charge in [0.1, 0.15) is 5.69 Å². The van der Waals surface area contributed by atoms with E-state index < -0.39 is 0 Å². The smallest absolute Gasteiger partial charge is 0.277 e. The van der Waals surface area contributed by atoms with Gasteiger partial charge >= 0.3 is 0 Å². The van der Waals surface area contributed by atoms with Crippen LogP contribution >= 0.6 is 11.3 Å². The highest BCUT2D eigenvalue weighted by Crippen LogP contribution is 2.28. The molecule has 0 saturated carbocycles. The van der Waals surface area contributed by atoms with Gasteiger partial charge in [0.15, 0.2) is 5.13 Å². The van der Waals surface area contributed by atoms with Crippen molar-refractivity contribution in [3.63, 3.8) is 0 Å². The number of carbonyl (C=O) groups excluding carboxylic acids is 1. The zero-order chi connectivity index (χ0) is 15.8. The molecule has 0 atom stereocenters. The van der Waals surface area contributed by atoms with Gasteiger partial charge in [-0.1, -0.05) is 35.6 Å². The predicted molar refractivity (Wildman–Crippen MR) is 91.8 cm³/mol. The minimum absolute atomic E-state index is 0.277. The van der Waals surface area contributed by atoms with Crippen molar-refractivity contribution >= 4 is 43.6 Å². The van der Waals surface area contributed by atoms with Crippen molar-refractivity contribution in [3.05, 3.63) is 59.9 Å². The van der Waals surface area contributed by atoms with Gasteiger partial charge < -0.3 is 0 Å². The van der Waals surface area contributed by atoms with Gasteiger partial charge in [-0.15, -0.1) is 0 Å². The highest BCUT2D eigenvalue weighted by Gasteiger charge is 2.13. The van der Waals surface area contributed by atoms with E-state index in [9.17, 15) is 4.79 Å². The van der Waals surface area contributed by atoms with Gasteiger partial charge in [-0.2, -0.15) is 0 Å². The zero-order valence-electron chi connectivity index (χ0n) is 12.3. The Kier molecular flexibility index (Phi) is 3.24. The molecule has 5 nitrogen and oxygen atoms in total. The van der Waals surface area contributed by atoms with Crippen molar-refractivity contribution in [3.8, 4) is 0 Å². The summed E-state index contributed by atoms with van der Waals surface area (Å²) in [6, 6.07) is 13.4. The molecule has 0 unspecified atom stereocenters. The number of nitrogens with zero attached hydrogens (tertiary/aromatic N) is 3. The molecule has 0 radical (unpaired) electrons. The predicted octanol–water partition coefficient (Wildman–Crippen LogP) is 3.80. The molecule has 23 heavy (non-hydrogen) atoms. The molecular formula is C17H12N4OS. The lowest BCUT2D eigenvalue weighted by atomic mass is 10.2. The van der Waals surface area contributed by atoms with Gasteiger partial charge in [0.25, 0.3) is 5.91 Å². The highest BCUT2D eigenvalue weighted by molar-refractivity contribution is 7.22. The van der Waals surface area contributed by atoms with Gasteiger partial charge in [-0.25, -0.2) is 9.97 Å². The number of benzene rings is 2. The van der Waals surface area contributed by atoms with Crippen LogP contribution in [0, 0.1) is 6.92 Å². The lowest BCUT2D eigenvalue weighted by Gasteiger charge is -2.02. The maximum absolute atomic E-state index is 12.4. The number of hydrogen-bond donors (Lipinski definition) is 1. The zero-order valence-corrected chi connectivity index (χ0v) is 13.1. The number of nitrogens with one attached hydrogen (secondary N) is 1. The molecule has 0 aliphatic rings. The van der Waals surface area contributed by atoms with Crippen LogP contribution in [0.4, 0.5) is 5.13 Å². The summed E-state index contributed by atoms with van der Waals surface area (Å²) in [5.41, 5.74) is 3.74. The quantitative estimate of drug-likeness (QED) is 0.610. The summed E-state index contributed by atoms with van der Waals surface area (Å²) in [6.45, 7) is 2.00. The van der Waals surface area contributed by atoms with E-state index in [1.54, 1.807) is 0 Å². The molecule has 2 heterocycles. The molecule has 1 amide bonds. The lowest BCUT2D eigenvalue weighted by Crippen LogP contribution is -2.13. The van der Waals surface area contributed by atoms with Crippen LogP contribution in [0.5, 0.6) is 0 Å². The van der Waals surface area contributed by atoms with Crippen LogP contribution in [0.25, 0.3) is 21.3 Å². The Labute approximate surface area is 136 Å². The fraction of sp³-hybridized carbons (Fsp3) is 0.0588. The Morgan fingerprint density at radius 2 is 1.87 bits per heavy atom. The molecule has 4 aromatic rings. The van der Waals surface area contributed by atoms with Gasteiger partial charge in [-0.3, -0.25) is 15.1 Å². The second kappa shape index (κ2) is 5.40. The Balaban J connectivity index is 1.66. The molecule has 0 fully saturated rings. The van der Waals surface area contributed by atoms with Crippen LogP contribution in [0.2, 0.25) is 0 Å². The molecule has 4 rings (SSSR count). The molecule has 0 aliphatic heterocycles. The number of anilines is 1. The highest BCUT2D eigenvalue weighted by atomic mass is 32.1. The first-order chi connectivity index (χ1) is 11.2. The molecule has 0 bridgehead atoms. The Morgan fingerprint density at radius 3 is 2.70 bits per heavy atom. The molecule has 1 N–H and O–H groups in total. The maximum Gasteiger partial charge on any atom is 0.277 e. The van der Waals surface area contributed by atoms with E-state index in [0.29, 0.717) is 10.6 Å². The Morgan fingerprint density at radius 1 is 1.04 bits per heavy atom. The van der Waals surface area contributed by atoms with E-state index in [1.165, 1.54) is 17.5 Å². The average Bonchev–Trinajstić information content (AvgIpc) is 2.98. The third kappa shape index (κ3) is 2.53. The largest absolute Gasteiger partial charge is 0.296 e. The topological polar surface area (TPSA) is 67.8 Å². The molecule has 0 spiro atoms. The number of rotatable bonds is 2. The van der Waals surface area contributed by atoms with Crippen LogP contribution in [0.1, 0.15) is 16.1 Å². The number of carbonyl (C=O) groups is 1. The van der Waals surface area contributed by atoms with E-state index in [-0.39, 0.29) is 11.6 Å². The van der Waals surface area contributed by atoms with E-state index in [2.05, 4.69) is 20.3 Å². The van der Waals surface area contributed by atoms with Crippen LogP contribution in [-0.4, -0.2) is 20.9 Å². The van der Waals surface area contributed by atoms with E-state index in [4.69, 9.17) is 0 Å². The van der Waals surface area contributed by atoms with Crippen LogP contribution in [0.3, 0.4) is 0 Å². The van der Waals surface area contributed by atoms with Crippen LogP contribution in [0.15, 0.2) is 48.7 Å². The lowest BCUT2D eigenvalue weighted by molar-refractivity contribution is 0.102. The first-order valence-corrected chi connectivity index (χ1v) is 7.92. The van der Waals surface area contributed by atoms with Gasteiger partial charge in [0, 0.05) is 0 Å². The number of aromatic nitrogens is 3. The summed E-state index contributed by atoms with van der Waals surface area (Å²) in [5, 5.41) is 3.37. The molecule has 0 saturated heterocycles. The number of thiazole rings is 1. The number of para-hydroxylation sites is 3. The summed E-state index contributed by atoms with van der Waals surface area (Å²) in [4.78, 5) is 25.5. The molecule has 2 aromatic carbocycles. The summed E-state index contributed by atoms with van der Waals surface area (Å²) >= 11 is 1.45. The van der Waals surface area contributed by atoms with Crippen molar-refractivity contribution in [2.45, 2.75) is 6.92 Å². The monoisotopic (exact) mass is 320 g/mol. The van der Waals surface area contributed by atoms with Gasteiger partial charge in [0.2, 0.25) is 0 Å². The van der Waals surface area contributed by atoms with Crippen LogP contribution < -0.4 is 5.32 Å². The van der Waals surface area contributed by atoms with Crippen molar-refractivity contribution in [2.24, 2.45) is 0 Å². The minimum atomic E-state index is -0.306. The maximum atomic E-state index is 12.4. The van der Waals surface area contributed by atoms with Crippen molar-refractivity contribution < 1.29 is 4.79 Å². The third-order valence-electron chi connectivity index (χ3n) is 3.52. The number of aryl methyl sites for hydroxylation is 1. The first kappa shape index (κ1) is 13.8. The van der Waals surface area contributed by atoms with E-state index in [1.807, 2.05) is 49.4 Å². The molecule has 112 valence electrons. The van der Waals surface area contributed by atoms with Crippen LogP contribution in [-0.2, 0) is 0 Å². The fourth-order valence-corrected chi connectivity index (χ4v) is 3.31. The minimum Gasteiger partial charge on any atom is -0.296 e. The standard InChI is InChI=1S/C17H12N4OS/c1-10-5-4-8-14-15(10)20-17(23-14)21-16(22)13-9-18-11-6-2-3-7-12(11)19-13/h2-9H,1H3,(H,20,21,22). The number of hydrogen-bond acceptors (Lipinski definition) is 5. The van der Waals surface area contributed by atoms with Gasteiger partial charge in [0.05, 0.1) is 27.4 Å². The third-order valence-corrected chi connectivity index (χ3v) is 4.46. The number of fused-ring (bicyclic) bond motifs is 2. The fourth-order valence-electron chi connectivity index (χ4n) is 2.37. The van der Waals surface area contributed by atoms with Crippen molar-refractivity contribution in [2.75, 3.05) is 5.32 Å². The van der Waals surface area contributed by atoms with Gasteiger partial charge in [-0.05, 0) is 30.7 Å². The molecular weight excluding hydrogens is 308 g/mol. The summed E-state index contributed by atoms with van der Waals surface area (Å²) in [5.74, 6) is -0.306. The molecule has 2 aromatic heterocycles. The summed E-state index contributed by atoms with van der Waals surface area (Å²) in [7, 11) is 0. The van der Waals surface area contributed by atoms with Crippen molar-refractivity contribution in [1.82, 2.24) is 15.0 Å². The number of amides is 1. The SMILES string of the molecule is Cc1cccc2sc(NC(=O)c3cnc4ccccc4n3)nc12. The Hall–Kier alpha value is -2.86. The van der Waals surface area contributed by atoms with E-state index in [0.717, 1.165) is 21.3 Å². The second-order valence-corrected chi connectivity index (χ2v) is 6.17.